The summed E-state index contributed by atoms with van der Waals surface area (Å²) in [5.41, 5.74) is 0.465. The maximum Gasteiger partial charge on any atom is 0.234 e. The molecule has 3 rings (SSSR count). The van der Waals surface area contributed by atoms with Crippen molar-refractivity contribution < 1.29 is 9.18 Å². The molecule has 1 amide bonds. The van der Waals surface area contributed by atoms with Crippen molar-refractivity contribution in [3.8, 4) is 0 Å². The second kappa shape index (κ2) is 7.43. The highest BCUT2D eigenvalue weighted by atomic mass is 35.5. The summed E-state index contributed by atoms with van der Waals surface area (Å²) in [6.45, 7) is 1.17. The largest absolute Gasteiger partial charge is 0.350 e. The molecule has 1 heterocycles. The Balaban J connectivity index is 1.59. The van der Waals surface area contributed by atoms with Crippen LogP contribution in [0.1, 0.15) is 23.3 Å². The number of hydrogen-bond acceptors (Lipinski definition) is 3. The third-order valence-corrected chi connectivity index (χ3v) is 5.10. The molecule has 6 heteroatoms. The molecule has 0 radical (unpaired) electrons. The molecule has 1 N–H and O–H groups in total. The normalized spacial score (nSPS) is 14.2. The zero-order chi connectivity index (χ0) is 16.2. The van der Waals surface area contributed by atoms with E-state index in [-0.39, 0.29) is 18.3 Å². The van der Waals surface area contributed by atoms with Crippen molar-refractivity contribution >= 4 is 28.8 Å². The number of halogens is 2. The number of rotatable bonds is 7. The SMILES string of the molecule is O=C(CN(Cc1c(F)cccc1Cl)C1CC1)NCc1cccs1. The van der Waals surface area contributed by atoms with Gasteiger partial charge >= 0.3 is 0 Å². The van der Waals surface area contributed by atoms with E-state index < -0.39 is 0 Å². The maximum absolute atomic E-state index is 14.0. The summed E-state index contributed by atoms with van der Waals surface area (Å²) < 4.78 is 14.0. The molecule has 1 aliphatic carbocycles. The van der Waals surface area contributed by atoms with Crippen molar-refractivity contribution in [2.45, 2.75) is 32.0 Å². The van der Waals surface area contributed by atoms with Crippen LogP contribution < -0.4 is 5.32 Å². The summed E-state index contributed by atoms with van der Waals surface area (Å²) >= 11 is 7.71. The van der Waals surface area contributed by atoms with Gasteiger partial charge in [0.05, 0.1) is 13.1 Å². The number of carbonyl (C=O) groups is 1. The number of nitrogens with one attached hydrogen (secondary N) is 1. The lowest BCUT2D eigenvalue weighted by atomic mass is 10.2. The zero-order valence-electron chi connectivity index (χ0n) is 12.6. The van der Waals surface area contributed by atoms with E-state index in [1.165, 1.54) is 6.07 Å². The Morgan fingerprint density at radius 1 is 1.35 bits per heavy atom. The van der Waals surface area contributed by atoms with Crippen LogP contribution in [0.15, 0.2) is 35.7 Å². The molecule has 3 nitrogen and oxygen atoms in total. The molecule has 1 aliphatic rings. The number of amides is 1. The van der Waals surface area contributed by atoms with Gasteiger partial charge in [-0.3, -0.25) is 9.69 Å². The van der Waals surface area contributed by atoms with E-state index in [2.05, 4.69) is 5.32 Å². The topological polar surface area (TPSA) is 32.3 Å². The number of nitrogens with zero attached hydrogens (tertiary/aromatic N) is 1. The highest BCUT2D eigenvalue weighted by Gasteiger charge is 2.31. The number of thiophene rings is 1. The molecule has 0 bridgehead atoms. The first-order valence-corrected chi connectivity index (χ1v) is 8.85. The molecule has 23 heavy (non-hydrogen) atoms. The molecule has 122 valence electrons. The highest BCUT2D eigenvalue weighted by molar-refractivity contribution is 7.09. The van der Waals surface area contributed by atoms with E-state index in [1.807, 2.05) is 22.4 Å². The van der Waals surface area contributed by atoms with E-state index in [0.29, 0.717) is 29.7 Å². The van der Waals surface area contributed by atoms with Crippen molar-refractivity contribution in [2.75, 3.05) is 6.54 Å². The first-order valence-electron chi connectivity index (χ1n) is 7.59. The van der Waals surface area contributed by atoms with E-state index in [0.717, 1.165) is 17.7 Å². The summed E-state index contributed by atoms with van der Waals surface area (Å²) in [5.74, 6) is -0.361. The van der Waals surface area contributed by atoms with Crippen LogP contribution in [0.2, 0.25) is 5.02 Å². The molecular weight excluding hydrogens is 335 g/mol. The van der Waals surface area contributed by atoms with Crippen LogP contribution in [0.25, 0.3) is 0 Å². The second-order valence-electron chi connectivity index (χ2n) is 5.69. The Morgan fingerprint density at radius 2 is 2.17 bits per heavy atom. The molecule has 1 aromatic heterocycles. The molecule has 0 spiro atoms. The molecule has 1 fully saturated rings. The van der Waals surface area contributed by atoms with E-state index in [1.54, 1.807) is 23.5 Å². The van der Waals surface area contributed by atoms with Gasteiger partial charge in [0, 0.05) is 28.0 Å². The Kier molecular flexibility index (Phi) is 5.30. The van der Waals surface area contributed by atoms with Gasteiger partial charge in [0.15, 0.2) is 0 Å². The predicted octanol–water partition coefficient (Wildman–Crippen LogP) is 3.82. The third kappa shape index (κ3) is 4.53. The third-order valence-electron chi connectivity index (χ3n) is 3.87. The number of carbonyl (C=O) groups excluding carboxylic acids is 1. The van der Waals surface area contributed by atoms with Gasteiger partial charge in [0.1, 0.15) is 5.82 Å². The van der Waals surface area contributed by atoms with Crippen molar-refractivity contribution in [2.24, 2.45) is 0 Å². The summed E-state index contributed by atoms with van der Waals surface area (Å²) in [5, 5.41) is 5.31. The van der Waals surface area contributed by atoms with Crippen molar-refractivity contribution in [3.63, 3.8) is 0 Å². The zero-order valence-corrected chi connectivity index (χ0v) is 14.2. The lowest BCUT2D eigenvalue weighted by Gasteiger charge is -2.22. The Hall–Kier alpha value is -1.43. The fourth-order valence-electron chi connectivity index (χ4n) is 2.48. The van der Waals surface area contributed by atoms with Gasteiger partial charge in [0.25, 0.3) is 0 Å². The van der Waals surface area contributed by atoms with Gasteiger partial charge in [-0.25, -0.2) is 4.39 Å². The summed E-state index contributed by atoms with van der Waals surface area (Å²) in [6.07, 6.45) is 2.09. The Bertz CT molecular complexity index is 653. The molecule has 0 unspecified atom stereocenters. The van der Waals surface area contributed by atoms with Crippen LogP contribution in [0.4, 0.5) is 4.39 Å². The minimum absolute atomic E-state index is 0.0437. The fourth-order valence-corrected chi connectivity index (χ4v) is 3.35. The Morgan fingerprint density at radius 3 is 2.83 bits per heavy atom. The van der Waals surface area contributed by atoms with E-state index in [9.17, 15) is 9.18 Å². The van der Waals surface area contributed by atoms with E-state index >= 15 is 0 Å². The molecule has 2 aromatic rings. The fraction of sp³-hybridized carbons (Fsp3) is 0.353. The van der Waals surface area contributed by atoms with Gasteiger partial charge in [-0.15, -0.1) is 11.3 Å². The van der Waals surface area contributed by atoms with Crippen LogP contribution in [0.3, 0.4) is 0 Å². The van der Waals surface area contributed by atoms with Gasteiger partial charge in [0.2, 0.25) is 5.91 Å². The number of benzene rings is 1. The maximum atomic E-state index is 14.0. The van der Waals surface area contributed by atoms with Gasteiger partial charge in [-0.05, 0) is 36.4 Å². The number of hydrogen-bond donors (Lipinski definition) is 1. The predicted molar refractivity (Wildman–Crippen MR) is 91.0 cm³/mol. The van der Waals surface area contributed by atoms with Gasteiger partial charge in [-0.1, -0.05) is 23.7 Å². The lowest BCUT2D eigenvalue weighted by Crippen LogP contribution is -2.38. The minimum Gasteiger partial charge on any atom is -0.350 e. The van der Waals surface area contributed by atoms with Crippen LogP contribution in [0.5, 0.6) is 0 Å². The molecule has 0 atom stereocenters. The molecular formula is C17H18ClFN2OS. The summed E-state index contributed by atoms with van der Waals surface area (Å²) in [6, 6.07) is 8.98. The van der Waals surface area contributed by atoms with Crippen LogP contribution >= 0.6 is 22.9 Å². The van der Waals surface area contributed by atoms with Crippen LogP contribution in [0, 0.1) is 5.82 Å². The standard InChI is InChI=1S/C17H18ClFN2OS/c18-15-4-1-5-16(19)14(15)10-21(12-6-7-12)11-17(22)20-9-13-3-2-8-23-13/h1-5,8,12H,6-7,9-11H2,(H,20,22). The van der Waals surface area contributed by atoms with Gasteiger partial charge in [-0.2, -0.15) is 0 Å². The molecule has 0 saturated heterocycles. The van der Waals surface area contributed by atoms with Crippen molar-refractivity contribution in [1.29, 1.82) is 0 Å². The quantitative estimate of drug-likeness (QED) is 0.821. The van der Waals surface area contributed by atoms with Crippen molar-refractivity contribution in [3.05, 3.63) is 57.0 Å². The molecule has 0 aliphatic heterocycles. The van der Waals surface area contributed by atoms with Crippen molar-refractivity contribution in [1.82, 2.24) is 10.2 Å². The average molecular weight is 353 g/mol. The summed E-state index contributed by atoms with van der Waals surface area (Å²) in [4.78, 5) is 15.3. The summed E-state index contributed by atoms with van der Waals surface area (Å²) in [7, 11) is 0. The average Bonchev–Trinajstić information content (AvgIpc) is 3.24. The highest BCUT2D eigenvalue weighted by Crippen LogP contribution is 2.30. The lowest BCUT2D eigenvalue weighted by molar-refractivity contribution is -0.122. The molecule has 1 saturated carbocycles. The van der Waals surface area contributed by atoms with E-state index in [4.69, 9.17) is 11.6 Å². The van der Waals surface area contributed by atoms with Crippen LogP contribution in [-0.2, 0) is 17.9 Å². The monoisotopic (exact) mass is 352 g/mol. The first kappa shape index (κ1) is 16.4. The Labute approximate surface area is 144 Å². The smallest absolute Gasteiger partial charge is 0.234 e. The second-order valence-corrected chi connectivity index (χ2v) is 7.13. The minimum atomic E-state index is -0.317. The van der Waals surface area contributed by atoms with Gasteiger partial charge < -0.3 is 5.32 Å². The first-order chi connectivity index (χ1) is 11.1. The molecule has 1 aromatic carbocycles. The van der Waals surface area contributed by atoms with Crippen LogP contribution in [-0.4, -0.2) is 23.4 Å².